The van der Waals surface area contributed by atoms with E-state index >= 15 is 0 Å². The normalized spacial score (nSPS) is 21.6. The van der Waals surface area contributed by atoms with E-state index in [1.54, 1.807) is 19.3 Å². The Bertz CT molecular complexity index is 1270. The van der Waals surface area contributed by atoms with Crippen LogP contribution >= 0.6 is 0 Å². The molecule has 1 fully saturated rings. The first-order chi connectivity index (χ1) is 15.3. The Morgan fingerprint density at radius 2 is 2.03 bits per heavy atom. The van der Waals surface area contributed by atoms with E-state index in [2.05, 4.69) is 30.2 Å². The van der Waals surface area contributed by atoms with Gasteiger partial charge in [-0.15, -0.1) is 0 Å². The SMILES string of the molecule is Cc1nc2ncc(-c3c[nH]c4nc(N[C@H]5CC[C@](C)(O)CC5)ncc34)cc2n1CC(F)F. The van der Waals surface area contributed by atoms with Crippen molar-refractivity contribution in [2.75, 3.05) is 5.32 Å². The van der Waals surface area contributed by atoms with Gasteiger partial charge in [-0.05, 0) is 45.6 Å². The summed E-state index contributed by atoms with van der Waals surface area (Å²) < 4.78 is 27.5. The Labute approximate surface area is 183 Å². The number of nitrogens with one attached hydrogen (secondary N) is 2. The molecule has 4 heterocycles. The lowest BCUT2D eigenvalue weighted by Gasteiger charge is -2.33. The predicted octanol–water partition coefficient (Wildman–Crippen LogP) is 4.05. The molecule has 0 amide bonds. The Morgan fingerprint density at radius 1 is 1.25 bits per heavy atom. The maximum atomic E-state index is 13.0. The van der Waals surface area contributed by atoms with Crippen LogP contribution in [0.25, 0.3) is 33.3 Å². The van der Waals surface area contributed by atoms with Crippen molar-refractivity contribution in [3.63, 3.8) is 0 Å². The third-order valence-electron chi connectivity index (χ3n) is 6.26. The van der Waals surface area contributed by atoms with Crippen LogP contribution in [0.1, 0.15) is 38.4 Å². The summed E-state index contributed by atoms with van der Waals surface area (Å²) in [5, 5.41) is 14.3. The summed E-state index contributed by atoms with van der Waals surface area (Å²) in [4.78, 5) is 20.9. The van der Waals surface area contributed by atoms with E-state index in [0.717, 1.165) is 42.2 Å². The molecule has 5 rings (SSSR count). The lowest BCUT2D eigenvalue weighted by Crippen LogP contribution is -2.36. The molecule has 0 aromatic carbocycles. The van der Waals surface area contributed by atoms with E-state index in [4.69, 9.17) is 0 Å². The minimum Gasteiger partial charge on any atom is -0.390 e. The van der Waals surface area contributed by atoms with Crippen molar-refractivity contribution in [1.29, 1.82) is 0 Å². The van der Waals surface area contributed by atoms with Crippen LogP contribution in [-0.2, 0) is 6.54 Å². The average molecular weight is 441 g/mol. The van der Waals surface area contributed by atoms with Gasteiger partial charge in [-0.25, -0.2) is 23.7 Å². The monoisotopic (exact) mass is 441 g/mol. The largest absolute Gasteiger partial charge is 0.390 e. The molecule has 4 aromatic heterocycles. The number of aliphatic hydroxyl groups is 1. The number of alkyl halides is 2. The topological polar surface area (TPSA) is 105 Å². The summed E-state index contributed by atoms with van der Waals surface area (Å²) >= 11 is 0. The number of nitrogens with zero attached hydrogens (tertiary/aromatic N) is 5. The number of pyridine rings is 1. The summed E-state index contributed by atoms with van der Waals surface area (Å²) in [6.07, 6.45) is 6.00. The molecule has 8 nitrogen and oxygen atoms in total. The fourth-order valence-corrected chi connectivity index (χ4v) is 4.42. The molecule has 4 aromatic rings. The van der Waals surface area contributed by atoms with Gasteiger partial charge in [-0.1, -0.05) is 0 Å². The number of imidazole rings is 1. The van der Waals surface area contributed by atoms with Gasteiger partial charge in [-0.3, -0.25) is 0 Å². The second-order valence-electron chi connectivity index (χ2n) is 8.80. The van der Waals surface area contributed by atoms with Crippen LogP contribution in [0.5, 0.6) is 0 Å². The van der Waals surface area contributed by atoms with Crippen molar-refractivity contribution >= 4 is 28.1 Å². The zero-order valence-corrected chi connectivity index (χ0v) is 17.9. The number of aromatic nitrogens is 6. The highest BCUT2D eigenvalue weighted by Gasteiger charge is 2.29. The molecule has 168 valence electrons. The van der Waals surface area contributed by atoms with Crippen LogP contribution in [-0.4, -0.2) is 52.7 Å². The van der Waals surface area contributed by atoms with Gasteiger partial charge in [0.15, 0.2) is 5.65 Å². The van der Waals surface area contributed by atoms with Crippen LogP contribution in [0, 0.1) is 6.92 Å². The van der Waals surface area contributed by atoms with Gasteiger partial charge in [0.25, 0.3) is 6.43 Å². The van der Waals surface area contributed by atoms with Crippen molar-refractivity contribution in [1.82, 2.24) is 29.5 Å². The number of fused-ring (bicyclic) bond motifs is 2. The van der Waals surface area contributed by atoms with Gasteiger partial charge in [0, 0.05) is 41.1 Å². The summed E-state index contributed by atoms with van der Waals surface area (Å²) in [6.45, 7) is 3.15. The molecule has 0 aliphatic heterocycles. The second kappa shape index (κ2) is 7.77. The molecule has 0 saturated heterocycles. The van der Waals surface area contributed by atoms with Crippen LogP contribution in [0.4, 0.5) is 14.7 Å². The molecule has 1 aliphatic rings. The molecule has 0 atom stereocenters. The van der Waals surface area contributed by atoms with Crippen LogP contribution in [0.3, 0.4) is 0 Å². The third-order valence-corrected chi connectivity index (χ3v) is 6.26. The van der Waals surface area contributed by atoms with Crippen LogP contribution in [0.2, 0.25) is 0 Å². The molecule has 3 N–H and O–H groups in total. The van der Waals surface area contributed by atoms with Gasteiger partial charge >= 0.3 is 0 Å². The maximum absolute atomic E-state index is 13.0. The summed E-state index contributed by atoms with van der Waals surface area (Å²) in [5.41, 5.74) is 2.73. The minimum atomic E-state index is -2.47. The zero-order chi connectivity index (χ0) is 22.5. The molecule has 0 unspecified atom stereocenters. The number of anilines is 1. The Hall–Kier alpha value is -3.14. The summed E-state index contributed by atoms with van der Waals surface area (Å²) in [5.74, 6) is 1.05. The second-order valence-corrected chi connectivity index (χ2v) is 8.80. The fourth-order valence-electron chi connectivity index (χ4n) is 4.42. The maximum Gasteiger partial charge on any atom is 0.256 e. The van der Waals surface area contributed by atoms with Crippen molar-refractivity contribution in [3.05, 3.63) is 30.5 Å². The van der Waals surface area contributed by atoms with E-state index in [-0.39, 0.29) is 6.04 Å². The van der Waals surface area contributed by atoms with Crippen molar-refractivity contribution in [2.24, 2.45) is 0 Å². The van der Waals surface area contributed by atoms with E-state index in [1.165, 1.54) is 4.57 Å². The lowest BCUT2D eigenvalue weighted by atomic mass is 9.84. The number of hydrogen-bond acceptors (Lipinski definition) is 6. The first-order valence-corrected chi connectivity index (χ1v) is 10.7. The number of H-pyrrole nitrogens is 1. The molecule has 0 spiro atoms. The van der Waals surface area contributed by atoms with E-state index in [9.17, 15) is 13.9 Å². The Balaban J connectivity index is 1.43. The average Bonchev–Trinajstić information content (AvgIpc) is 3.29. The number of aryl methyl sites for hydroxylation is 1. The van der Waals surface area contributed by atoms with Crippen LogP contribution in [0.15, 0.2) is 24.7 Å². The molecule has 1 saturated carbocycles. The van der Waals surface area contributed by atoms with Gasteiger partial charge in [0.2, 0.25) is 5.95 Å². The van der Waals surface area contributed by atoms with Crippen molar-refractivity contribution in [3.8, 4) is 11.1 Å². The molecule has 0 bridgehead atoms. The molecular weight excluding hydrogens is 416 g/mol. The third kappa shape index (κ3) is 3.90. The number of hydrogen-bond donors (Lipinski definition) is 3. The van der Waals surface area contributed by atoms with E-state index < -0.39 is 18.6 Å². The molecule has 32 heavy (non-hydrogen) atoms. The number of halogens is 2. The highest BCUT2D eigenvalue weighted by Crippen LogP contribution is 2.31. The summed E-state index contributed by atoms with van der Waals surface area (Å²) in [6, 6.07) is 2.06. The van der Waals surface area contributed by atoms with E-state index in [0.29, 0.717) is 28.6 Å². The quantitative estimate of drug-likeness (QED) is 0.432. The lowest BCUT2D eigenvalue weighted by molar-refractivity contribution is 0.0195. The van der Waals surface area contributed by atoms with E-state index in [1.807, 2.05) is 19.2 Å². The highest BCUT2D eigenvalue weighted by molar-refractivity contribution is 5.95. The number of aromatic amines is 1. The Morgan fingerprint density at radius 3 is 2.78 bits per heavy atom. The van der Waals surface area contributed by atoms with Gasteiger partial charge in [0.1, 0.15) is 11.5 Å². The standard InChI is InChI=1S/C22H25F2N7O/c1-12-28-20-17(31(12)11-18(23)24)7-13(8-25-20)15-9-26-19-16(15)10-27-21(30-19)29-14-3-5-22(2,32)6-4-14/h7-10,14,18,32H,3-6,11H2,1-2H3,(H2,26,27,29,30)/t14-,22-. The molecular formula is C22H25F2N7O. The predicted molar refractivity (Wildman–Crippen MR) is 118 cm³/mol. The fraction of sp³-hybridized carbons (Fsp3) is 0.455. The molecule has 10 heteroatoms. The zero-order valence-electron chi connectivity index (χ0n) is 17.9. The van der Waals surface area contributed by atoms with Crippen molar-refractivity contribution in [2.45, 2.75) is 64.1 Å². The number of rotatable bonds is 5. The summed E-state index contributed by atoms with van der Waals surface area (Å²) in [7, 11) is 0. The van der Waals surface area contributed by atoms with Gasteiger partial charge in [0.05, 0.1) is 17.7 Å². The highest BCUT2D eigenvalue weighted by atomic mass is 19.3. The molecule has 1 aliphatic carbocycles. The first kappa shape index (κ1) is 20.7. The molecule has 0 radical (unpaired) electrons. The van der Waals surface area contributed by atoms with Crippen LogP contribution < -0.4 is 5.32 Å². The van der Waals surface area contributed by atoms with Gasteiger partial charge < -0.3 is 20.0 Å². The first-order valence-electron chi connectivity index (χ1n) is 10.7. The Kier molecular flexibility index (Phi) is 5.04. The van der Waals surface area contributed by atoms with Crippen molar-refractivity contribution < 1.29 is 13.9 Å². The minimum absolute atomic E-state index is 0.229. The van der Waals surface area contributed by atoms with Gasteiger partial charge in [-0.2, -0.15) is 4.98 Å². The smallest absolute Gasteiger partial charge is 0.256 e.